The second-order valence-corrected chi connectivity index (χ2v) is 3.18. The molecule has 0 heterocycles. The Bertz CT molecular complexity index is 315. The number of aliphatic hydroxyl groups is 1. The molecule has 4 heteroatoms. The lowest BCUT2D eigenvalue weighted by atomic mass is 9.97. The molecule has 3 N–H and O–H groups in total. The Hall–Kier alpha value is -1.42. The first kappa shape index (κ1) is 10.7. The zero-order valence-corrected chi connectivity index (χ0v) is 7.82. The minimum atomic E-state index is -0.302. The number of hydrogen-bond acceptors (Lipinski definition) is 4. The van der Waals surface area contributed by atoms with Gasteiger partial charge in [-0.2, -0.15) is 0 Å². The first-order valence-corrected chi connectivity index (χ1v) is 4.52. The Labute approximate surface area is 82.1 Å². The Morgan fingerprint density at radius 2 is 1.86 bits per heavy atom. The van der Waals surface area contributed by atoms with Crippen molar-refractivity contribution in [3.8, 4) is 0 Å². The van der Waals surface area contributed by atoms with Crippen molar-refractivity contribution in [1.29, 1.82) is 0 Å². The summed E-state index contributed by atoms with van der Waals surface area (Å²) in [5.74, 6) is -0.497. The van der Waals surface area contributed by atoms with E-state index in [0.717, 1.165) is 6.08 Å². The van der Waals surface area contributed by atoms with E-state index in [1.165, 1.54) is 6.08 Å². The predicted molar refractivity (Wildman–Crippen MR) is 51.3 cm³/mol. The molecule has 0 aliphatic heterocycles. The van der Waals surface area contributed by atoms with E-state index in [9.17, 15) is 9.59 Å². The molecule has 0 aromatic heterocycles. The van der Waals surface area contributed by atoms with Crippen molar-refractivity contribution in [3.63, 3.8) is 0 Å². The van der Waals surface area contributed by atoms with Gasteiger partial charge in [-0.25, -0.2) is 0 Å². The highest BCUT2D eigenvalue weighted by Crippen LogP contribution is 2.14. The lowest BCUT2D eigenvalue weighted by molar-refractivity contribution is -0.115. The SMILES string of the molecule is NC1=CC(=O)C(CCCCO)=CC1=O. The van der Waals surface area contributed by atoms with Gasteiger partial charge in [-0.05, 0) is 25.3 Å². The standard InChI is InChI=1S/C10H13NO3/c11-8-6-9(13)7(5-10(8)14)3-1-2-4-12/h5-6,12H,1-4,11H2. The predicted octanol–water partition coefficient (Wildman–Crippen LogP) is 0.0698. The molecular formula is C10H13NO3. The Morgan fingerprint density at radius 3 is 2.50 bits per heavy atom. The normalized spacial score (nSPS) is 16.6. The molecule has 14 heavy (non-hydrogen) atoms. The van der Waals surface area contributed by atoms with E-state index in [4.69, 9.17) is 10.8 Å². The first-order chi connectivity index (χ1) is 6.65. The number of rotatable bonds is 4. The molecule has 0 aromatic carbocycles. The molecule has 0 atom stereocenters. The van der Waals surface area contributed by atoms with E-state index in [0.29, 0.717) is 24.8 Å². The maximum absolute atomic E-state index is 11.3. The third kappa shape index (κ3) is 2.53. The van der Waals surface area contributed by atoms with Crippen molar-refractivity contribution in [2.45, 2.75) is 19.3 Å². The molecule has 0 aromatic rings. The van der Waals surface area contributed by atoms with E-state index in [1.807, 2.05) is 0 Å². The van der Waals surface area contributed by atoms with Crippen LogP contribution in [-0.4, -0.2) is 23.3 Å². The Balaban J connectivity index is 2.58. The summed E-state index contributed by atoms with van der Waals surface area (Å²) in [5.41, 5.74) is 5.78. The lowest BCUT2D eigenvalue weighted by Crippen LogP contribution is -2.18. The fraction of sp³-hybridized carbons (Fsp3) is 0.400. The third-order valence-corrected chi connectivity index (χ3v) is 2.05. The highest BCUT2D eigenvalue weighted by Gasteiger charge is 2.17. The summed E-state index contributed by atoms with van der Waals surface area (Å²) < 4.78 is 0. The zero-order valence-electron chi connectivity index (χ0n) is 7.82. The summed E-state index contributed by atoms with van der Waals surface area (Å²) in [6.45, 7) is 0.105. The minimum Gasteiger partial charge on any atom is -0.396 e. The summed E-state index contributed by atoms with van der Waals surface area (Å²) in [6, 6.07) is 0. The van der Waals surface area contributed by atoms with Gasteiger partial charge in [0.05, 0.1) is 5.70 Å². The van der Waals surface area contributed by atoms with Crippen molar-refractivity contribution < 1.29 is 14.7 Å². The highest BCUT2D eigenvalue weighted by atomic mass is 16.2. The number of hydrogen-bond donors (Lipinski definition) is 2. The molecule has 0 unspecified atom stereocenters. The van der Waals surface area contributed by atoms with Crippen LogP contribution >= 0.6 is 0 Å². The summed E-state index contributed by atoms with van der Waals surface area (Å²) in [6.07, 6.45) is 4.31. The van der Waals surface area contributed by atoms with Crippen LogP contribution in [0.4, 0.5) is 0 Å². The number of allylic oxidation sites excluding steroid dienone is 3. The van der Waals surface area contributed by atoms with Crippen LogP contribution in [0.2, 0.25) is 0 Å². The summed E-state index contributed by atoms with van der Waals surface area (Å²) in [7, 11) is 0. The Morgan fingerprint density at radius 1 is 1.14 bits per heavy atom. The second-order valence-electron chi connectivity index (χ2n) is 3.18. The molecule has 0 amide bonds. The molecule has 0 spiro atoms. The number of ketones is 2. The quantitative estimate of drug-likeness (QED) is 0.491. The highest BCUT2D eigenvalue weighted by molar-refractivity contribution is 6.19. The minimum absolute atomic E-state index is 0.000841. The molecule has 1 aliphatic carbocycles. The largest absolute Gasteiger partial charge is 0.396 e. The van der Waals surface area contributed by atoms with E-state index in [2.05, 4.69) is 0 Å². The first-order valence-electron chi connectivity index (χ1n) is 4.52. The van der Waals surface area contributed by atoms with Crippen LogP contribution in [0.5, 0.6) is 0 Å². The Kier molecular flexibility index (Phi) is 3.59. The van der Waals surface area contributed by atoms with Gasteiger partial charge in [0.15, 0.2) is 5.78 Å². The smallest absolute Gasteiger partial charge is 0.201 e. The van der Waals surface area contributed by atoms with Crippen LogP contribution in [0.1, 0.15) is 19.3 Å². The van der Waals surface area contributed by atoms with Crippen molar-refractivity contribution in [3.05, 3.63) is 23.4 Å². The van der Waals surface area contributed by atoms with Gasteiger partial charge in [0.2, 0.25) is 5.78 Å². The number of carbonyl (C=O) groups is 2. The van der Waals surface area contributed by atoms with E-state index >= 15 is 0 Å². The molecule has 0 saturated carbocycles. The van der Waals surface area contributed by atoms with Crippen molar-refractivity contribution in [2.75, 3.05) is 6.61 Å². The van der Waals surface area contributed by atoms with Gasteiger partial charge in [0.1, 0.15) is 0 Å². The number of carbonyl (C=O) groups excluding carboxylic acids is 2. The molecule has 0 fully saturated rings. The van der Waals surface area contributed by atoms with Gasteiger partial charge < -0.3 is 10.8 Å². The van der Waals surface area contributed by atoms with Gasteiger partial charge >= 0.3 is 0 Å². The monoisotopic (exact) mass is 195 g/mol. The summed E-state index contributed by atoms with van der Waals surface area (Å²) in [5, 5.41) is 8.55. The summed E-state index contributed by atoms with van der Waals surface area (Å²) >= 11 is 0. The molecule has 76 valence electrons. The van der Waals surface area contributed by atoms with Crippen LogP contribution in [0.25, 0.3) is 0 Å². The molecule has 4 nitrogen and oxygen atoms in total. The van der Waals surface area contributed by atoms with Gasteiger partial charge in [0.25, 0.3) is 0 Å². The molecule has 0 bridgehead atoms. The maximum atomic E-state index is 11.3. The molecule has 1 aliphatic rings. The van der Waals surface area contributed by atoms with Crippen LogP contribution in [0, 0.1) is 0 Å². The maximum Gasteiger partial charge on any atom is 0.201 e. The van der Waals surface area contributed by atoms with Crippen LogP contribution < -0.4 is 5.73 Å². The average molecular weight is 195 g/mol. The summed E-state index contributed by atoms with van der Waals surface area (Å²) in [4.78, 5) is 22.4. The number of aliphatic hydroxyl groups excluding tert-OH is 1. The third-order valence-electron chi connectivity index (χ3n) is 2.05. The average Bonchev–Trinajstić information content (AvgIpc) is 2.14. The molecule has 0 saturated heterocycles. The van der Waals surface area contributed by atoms with Crippen molar-refractivity contribution in [1.82, 2.24) is 0 Å². The zero-order chi connectivity index (χ0) is 10.6. The van der Waals surface area contributed by atoms with Gasteiger partial charge in [-0.15, -0.1) is 0 Å². The lowest BCUT2D eigenvalue weighted by Gasteiger charge is -2.08. The fourth-order valence-corrected chi connectivity index (χ4v) is 1.24. The van der Waals surface area contributed by atoms with Crippen molar-refractivity contribution >= 4 is 11.6 Å². The van der Waals surface area contributed by atoms with Crippen LogP contribution in [-0.2, 0) is 9.59 Å². The van der Waals surface area contributed by atoms with Crippen molar-refractivity contribution in [2.24, 2.45) is 5.73 Å². The van der Waals surface area contributed by atoms with Gasteiger partial charge in [0, 0.05) is 18.3 Å². The van der Waals surface area contributed by atoms with Crippen LogP contribution in [0.15, 0.2) is 23.4 Å². The van der Waals surface area contributed by atoms with Gasteiger partial charge in [-0.3, -0.25) is 9.59 Å². The molecule has 0 radical (unpaired) electrons. The fourth-order valence-electron chi connectivity index (χ4n) is 1.24. The van der Waals surface area contributed by atoms with E-state index < -0.39 is 0 Å². The van der Waals surface area contributed by atoms with E-state index in [-0.39, 0.29) is 23.9 Å². The number of nitrogens with two attached hydrogens (primary N) is 1. The second kappa shape index (κ2) is 4.72. The molecule has 1 rings (SSSR count). The number of unbranched alkanes of at least 4 members (excludes halogenated alkanes) is 1. The van der Waals surface area contributed by atoms with E-state index in [1.54, 1.807) is 0 Å². The topological polar surface area (TPSA) is 80.4 Å². The molecular weight excluding hydrogens is 182 g/mol. The van der Waals surface area contributed by atoms with Crippen LogP contribution in [0.3, 0.4) is 0 Å². The van der Waals surface area contributed by atoms with Gasteiger partial charge in [-0.1, -0.05) is 0 Å².